The van der Waals surface area contributed by atoms with Crippen molar-refractivity contribution < 1.29 is 14.4 Å². The second kappa shape index (κ2) is 6.38. The molecule has 0 spiro atoms. The third kappa shape index (κ3) is 3.27. The van der Waals surface area contributed by atoms with E-state index < -0.39 is 4.92 Å². The molecule has 0 unspecified atom stereocenters. The summed E-state index contributed by atoms with van der Waals surface area (Å²) in [5.41, 5.74) is 0.791. The van der Waals surface area contributed by atoms with Gasteiger partial charge in [-0.2, -0.15) is 0 Å². The summed E-state index contributed by atoms with van der Waals surface area (Å²) in [7, 11) is 1.45. The van der Waals surface area contributed by atoms with Crippen molar-refractivity contribution >= 4 is 21.6 Å². The molecule has 6 heteroatoms. The first-order valence-electron chi connectivity index (χ1n) is 5.80. The van der Waals surface area contributed by atoms with Crippen molar-refractivity contribution in [3.8, 4) is 11.5 Å². The molecule has 0 bridgehead atoms. The van der Waals surface area contributed by atoms with Crippen LogP contribution < -0.4 is 9.47 Å². The molecule has 0 N–H and O–H groups in total. The number of hydrogen-bond donors (Lipinski definition) is 0. The van der Waals surface area contributed by atoms with Crippen molar-refractivity contribution in [2.24, 2.45) is 0 Å². The van der Waals surface area contributed by atoms with Crippen LogP contribution in [-0.2, 0) is 6.61 Å². The molecule has 0 radical (unpaired) electrons. The van der Waals surface area contributed by atoms with E-state index in [-0.39, 0.29) is 18.0 Å². The maximum absolute atomic E-state index is 11.1. The highest BCUT2D eigenvalue weighted by Gasteiger charge is 2.21. The summed E-state index contributed by atoms with van der Waals surface area (Å²) in [5, 5.41) is 11.1. The van der Waals surface area contributed by atoms with Crippen molar-refractivity contribution in [1.82, 2.24) is 0 Å². The van der Waals surface area contributed by atoms with Gasteiger partial charge in [-0.05, 0) is 11.6 Å². The van der Waals surface area contributed by atoms with Crippen LogP contribution in [0, 0.1) is 10.1 Å². The molecule has 2 aromatic rings. The molecule has 20 heavy (non-hydrogen) atoms. The number of benzene rings is 2. The van der Waals surface area contributed by atoms with Crippen molar-refractivity contribution in [2.45, 2.75) is 6.61 Å². The van der Waals surface area contributed by atoms with Crippen LogP contribution in [0.25, 0.3) is 0 Å². The lowest BCUT2D eigenvalue weighted by Gasteiger charge is -2.11. The number of nitrogens with zero attached hydrogens (tertiary/aromatic N) is 1. The van der Waals surface area contributed by atoms with Crippen molar-refractivity contribution in [3.05, 3.63) is 62.6 Å². The minimum absolute atomic E-state index is 0.129. The highest BCUT2D eigenvalue weighted by molar-refractivity contribution is 9.10. The summed E-state index contributed by atoms with van der Waals surface area (Å²) >= 11 is 3.21. The monoisotopic (exact) mass is 337 g/mol. The Hall–Kier alpha value is -2.08. The molecule has 0 atom stereocenters. The SMILES string of the molecule is COc1cc(Br)cc([N+](=O)[O-])c1OCc1ccccc1. The van der Waals surface area contributed by atoms with E-state index in [1.807, 2.05) is 30.3 Å². The van der Waals surface area contributed by atoms with E-state index in [0.29, 0.717) is 10.2 Å². The summed E-state index contributed by atoms with van der Waals surface area (Å²) in [5.74, 6) is 0.451. The zero-order valence-corrected chi connectivity index (χ0v) is 12.3. The van der Waals surface area contributed by atoms with Crippen molar-refractivity contribution in [2.75, 3.05) is 7.11 Å². The lowest BCUT2D eigenvalue weighted by atomic mass is 10.2. The fourth-order valence-electron chi connectivity index (χ4n) is 1.72. The second-order valence-corrected chi connectivity index (χ2v) is 4.90. The first-order chi connectivity index (χ1) is 9.61. The van der Waals surface area contributed by atoms with Gasteiger partial charge in [0, 0.05) is 10.5 Å². The maximum atomic E-state index is 11.1. The molecule has 0 aliphatic heterocycles. The Labute approximate surface area is 124 Å². The summed E-state index contributed by atoms with van der Waals surface area (Å²) < 4.78 is 11.3. The zero-order chi connectivity index (χ0) is 14.5. The fraction of sp³-hybridized carbons (Fsp3) is 0.143. The van der Waals surface area contributed by atoms with Gasteiger partial charge >= 0.3 is 5.69 Å². The first kappa shape index (κ1) is 14.3. The fourth-order valence-corrected chi connectivity index (χ4v) is 2.14. The molecule has 0 aromatic heterocycles. The molecule has 0 heterocycles. The number of nitro benzene ring substituents is 1. The predicted molar refractivity (Wildman–Crippen MR) is 78.1 cm³/mol. The Balaban J connectivity index is 2.32. The van der Waals surface area contributed by atoms with Crippen molar-refractivity contribution in [3.63, 3.8) is 0 Å². The summed E-state index contributed by atoms with van der Waals surface area (Å²) in [6.45, 7) is 0.236. The lowest BCUT2D eigenvalue weighted by Crippen LogP contribution is -2.01. The quantitative estimate of drug-likeness (QED) is 0.612. The number of halogens is 1. The van der Waals surface area contributed by atoms with Gasteiger partial charge in [-0.3, -0.25) is 10.1 Å². The van der Waals surface area contributed by atoms with Crippen LogP contribution in [-0.4, -0.2) is 12.0 Å². The lowest BCUT2D eigenvalue weighted by molar-refractivity contribution is -0.386. The smallest absolute Gasteiger partial charge is 0.316 e. The van der Waals surface area contributed by atoms with Gasteiger partial charge in [0.25, 0.3) is 0 Å². The van der Waals surface area contributed by atoms with Crippen LogP contribution >= 0.6 is 15.9 Å². The van der Waals surface area contributed by atoms with E-state index in [9.17, 15) is 10.1 Å². The number of nitro groups is 1. The van der Waals surface area contributed by atoms with Gasteiger partial charge in [-0.15, -0.1) is 0 Å². The van der Waals surface area contributed by atoms with Crippen LogP contribution in [0.3, 0.4) is 0 Å². The minimum atomic E-state index is -0.492. The van der Waals surface area contributed by atoms with E-state index in [1.165, 1.54) is 13.2 Å². The van der Waals surface area contributed by atoms with E-state index >= 15 is 0 Å². The van der Waals surface area contributed by atoms with Gasteiger partial charge in [-0.1, -0.05) is 46.3 Å². The van der Waals surface area contributed by atoms with Gasteiger partial charge in [0.15, 0.2) is 5.75 Å². The molecule has 0 aliphatic rings. The van der Waals surface area contributed by atoms with Gasteiger partial charge in [0.1, 0.15) is 6.61 Å². The molecule has 0 saturated carbocycles. The molecule has 0 amide bonds. The van der Waals surface area contributed by atoms with Crippen LogP contribution in [0.4, 0.5) is 5.69 Å². The summed E-state index contributed by atoms with van der Waals surface area (Å²) in [4.78, 5) is 10.6. The Bertz CT molecular complexity index is 616. The largest absolute Gasteiger partial charge is 0.493 e. The average molecular weight is 338 g/mol. The van der Waals surface area contributed by atoms with Gasteiger partial charge in [0.2, 0.25) is 5.75 Å². The number of rotatable bonds is 5. The Morgan fingerprint density at radius 2 is 1.95 bits per heavy atom. The third-order valence-corrected chi connectivity index (χ3v) is 3.10. The summed E-state index contributed by atoms with van der Waals surface area (Å²) in [6, 6.07) is 12.5. The van der Waals surface area contributed by atoms with Crippen LogP contribution in [0.15, 0.2) is 46.9 Å². The number of ether oxygens (including phenoxy) is 2. The van der Waals surface area contributed by atoms with E-state index in [0.717, 1.165) is 5.56 Å². The second-order valence-electron chi connectivity index (χ2n) is 3.99. The molecule has 104 valence electrons. The highest BCUT2D eigenvalue weighted by atomic mass is 79.9. The van der Waals surface area contributed by atoms with Crippen LogP contribution in [0.2, 0.25) is 0 Å². The van der Waals surface area contributed by atoms with Crippen molar-refractivity contribution in [1.29, 1.82) is 0 Å². The average Bonchev–Trinajstić information content (AvgIpc) is 2.46. The molecule has 0 aliphatic carbocycles. The number of hydrogen-bond acceptors (Lipinski definition) is 4. The molecule has 2 rings (SSSR count). The minimum Gasteiger partial charge on any atom is -0.493 e. The third-order valence-electron chi connectivity index (χ3n) is 2.64. The highest BCUT2D eigenvalue weighted by Crippen LogP contribution is 2.40. The normalized spacial score (nSPS) is 10.1. The van der Waals surface area contributed by atoms with E-state index in [1.54, 1.807) is 6.07 Å². The molecular weight excluding hydrogens is 326 g/mol. The standard InChI is InChI=1S/C14H12BrNO4/c1-19-13-8-11(15)7-12(16(17)18)14(13)20-9-10-5-3-2-4-6-10/h2-8H,9H2,1H3. The first-order valence-corrected chi connectivity index (χ1v) is 6.59. The Morgan fingerprint density at radius 3 is 2.55 bits per heavy atom. The molecule has 0 fully saturated rings. The predicted octanol–water partition coefficient (Wildman–Crippen LogP) is 3.94. The number of methoxy groups -OCH3 is 1. The summed E-state index contributed by atoms with van der Waals surface area (Å²) in [6.07, 6.45) is 0. The molecule has 5 nitrogen and oxygen atoms in total. The van der Waals surface area contributed by atoms with E-state index in [2.05, 4.69) is 15.9 Å². The maximum Gasteiger partial charge on any atom is 0.316 e. The Kier molecular flexibility index (Phi) is 4.57. The molecule has 0 saturated heterocycles. The van der Waals surface area contributed by atoms with Crippen LogP contribution in [0.1, 0.15) is 5.56 Å². The van der Waals surface area contributed by atoms with Gasteiger partial charge in [-0.25, -0.2) is 0 Å². The van der Waals surface area contributed by atoms with Gasteiger partial charge in [0.05, 0.1) is 12.0 Å². The van der Waals surface area contributed by atoms with Gasteiger partial charge < -0.3 is 9.47 Å². The topological polar surface area (TPSA) is 61.6 Å². The molecule has 2 aromatic carbocycles. The molecular formula is C14H12BrNO4. The van der Waals surface area contributed by atoms with Crippen LogP contribution in [0.5, 0.6) is 11.5 Å². The zero-order valence-electron chi connectivity index (χ0n) is 10.7. The van der Waals surface area contributed by atoms with E-state index in [4.69, 9.17) is 9.47 Å². The Morgan fingerprint density at radius 1 is 1.25 bits per heavy atom.